The summed E-state index contributed by atoms with van der Waals surface area (Å²) < 4.78 is 10.8. The van der Waals surface area contributed by atoms with Crippen LogP contribution in [0.25, 0.3) is 0 Å². The van der Waals surface area contributed by atoms with Gasteiger partial charge in [0.25, 0.3) is 0 Å². The van der Waals surface area contributed by atoms with E-state index in [1.165, 1.54) is 0 Å². The third-order valence-corrected chi connectivity index (χ3v) is 3.54. The number of guanidine groups is 1. The largest absolute Gasteiger partial charge is 0.380 e. The third-order valence-electron chi connectivity index (χ3n) is 3.54. The summed E-state index contributed by atoms with van der Waals surface area (Å²) in [4.78, 5) is 8.94. The van der Waals surface area contributed by atoms with Crippen molar-refractivity contribution in [1.29, 1.82) is 0 Å². The normalized spacial score (nSPS) is 11.7. The van der Waals surface area contributed by atoms with Gasteiger partial charge in [0, 0.05) is 38.6 Å². The molecule has 0 aliphatic rings. The van der Waals surface area contributed by atoms with Gasteiger partial charge in [-0.3, -0.25) is 4.99 Å². The van der Waals surface area contributed by atoms with Crippen molar-refractivity contribution in [2.75, 3.05) is 32.8 Å². The van der Waals surface area contributed by atoms with Crippen LogP contribution in [0, 0.1) is 5.92 Å². The fourth-order valence-electron chi connectivity index (χ4n) is 2.03. The predicted molar refractivity (Wildman–Crippen MR) is 116 cm³/mol. The Morgan fingerprint density at radius 3 is 2.58 bits per heavy atom. The molecular formula is C18H36IN5O2. The zero-order valence-electron chi connectivity index (χ0n) is 16.9. The van der Waals surface area contributed by atoms with E-state index in [4.69, 9.17) is 9.26 Å². The molecule has 1 heterocycles. The minimum atomic E-state index is 0. The van der Waals surface area contributed by atoms with Crippen LogP contribution in [0.5, 0.6) is 0 Å². The van der Waals surface area contributed by atoms with E-state index in [0.717, 1.165) is 50.7 Å². The third kappa shape index (κ3) is 11.7. The highest BCUT2D eigenvalue weighted by atomic mass is 127. The second kappa shape index (κ2) is 15.2. The van der Waals surface area contributed by atoms with Gasteiger partial charge in [0.15, 0.2) is 11.8 Å². The fraction of sp³-hybridized carbons (Fsp3) is 0.833. The van der Waals surface area contributed by atoms with E-state index in [1.54, 1.807) is 0 Å². The van der Waals surface area contributed by atoms with E-state index < -0.39 is 0 Å². The molecule has 7 nitrogen and oxygen atoms in total. The lowest BCUT2D eigenvalue weighted by Crippen LogP contribution is -2.39. The van der Waals surface area contributed by atoms with Gasteiger partial charge >= 0.3 is 0 Å². The molecule has 0 fully saturated rings. The number of hydrogen-bond donors (Lipinski definition) is 2. The first-order valence-electron chi connectivity index (χ1n) is 9.45. The molecule has 26 heavy (non-hydrogen) atoms. The quantitative estimate of drug-likeness (QED) is 0.206. The summed E-state index contributed by atoms with van der Waals surface area (Å²) in [5.41, 5.74) is 0. The maximum atomic E-state index is 5.61. The SMILES string of the molecule is CCNC(=NCCCc1nc(C(C)C)no1)NCCOCCC(C)C.I. The van der Waals surface area contributed by atoms with Gasteiger partial charge in [0.1, 0.15) is 0 Å². The summed E-state index contributed by atoms with van der Waals surface area (Å²) in [5.74, 6) is 3.26. The van der Waals surface area contributed by atoms with Gasteiger partial charge in [0.05, 0.1) is 6.61 Å². The van der Waals surface area contributed by atoms with Crippen LogP contribution in [0.2, 0.25) is 0 Å². The lowest BCUT2D eigenvalue weighted by Gasteiger charge is -2.11. The molecule has 8 heteroatoms. The van der Waals surface area contributed by atoms with Crippen molar-refractivity contribution < 1.29 is 9.26 Å². The van der Waals surface area contributed by atoms with Gasteiger partial charge in [-0.1, -0.05) is 32.9 Å². The summed E-state index contributed by atoms with van der Waals surface area (Å²) >= 11 is 0. The molecule has 0 unspecified atom stereocenters. The van der Waals surface area contributed by atoms with E-state index in [-0.39, 0.29) is 24.0 Å². The summed E-state index contributed by atoms with van der Waals surface area (Å²) in [5, 5.41) is 10.5. The zero-order chi connectivity index (χ0) is 18.5. The highest BCUT2D eigenvalue weighted by Crippen LogP contribution is 2.10. The molecule has 0 amide bonds. The lowest BCUT2D eigenvalue weighted by atomic mass is 10.1. The van der Waals surface area contributed by atoms with Crippen LogP contribution in [-0.2, 0) is 11.2 Å². The van der Waals surface area contributed by atoms with Crippen LogP contribution < -0.4 is 10.6 Å². The minimum absolute atomic E-state index is 0. The Hall–Kier alpha value is -0.900. The molecule has 0 aliphatic carbocycles. The fourth-order valence-corrected chi connectivity index (χ4v) is 2.03. The maximum Gasteiger partial charge on any atom is 0.226 e. The van der Waals surface area contributed by atoms with Crippen LogP contribution in [0.3, 0.4) is 0 Å². The molecule has 0 bridgehead atoms. The maximum absolute atomic E-state index is 5.61. The molecule has 0 atom stereocenters. The zero-order valence-corrected chi connectivity index (χ0v) is 19.2. The number of aromatic nitrogens is 2. The predicted octanol–water partition coefficient (Wildman–Crippen LogP) is 3.36. The number of nitrogens with zero attached hydrogens (tertiary/aromatic N) is 3. The van der Waals surface area contributed by atoms with Crippen LogP contribution in [0.15, 0.2) is 9.52 Å². The average Bonchev–Trinajstić information content (AvgIpc) is 3.03. The summed E-state index contributed by atoms with van der Waals surface area (Å²) in [6, 6.07) is 0. The molecule has 0 radical (unpaired) electrons. The highest BCUT2D eigenvalue weighted by Gasteiger charge is 2.08. The topological polar surface area (TPSA) is 84.6 Å². The van der Waals surface area contributed by atoms with Crippen molar-refractivity contribution in [2.45, 2.75) is 59.8 Å². The Bertz CT molecular complexity index is 492. The molecular weight excluding hydrogens is 445 g/mol. The monoisotopic (exact) mass is 481 g/mol. The van der Waals surface area contributed by atoms with E-state index in [0.29, 0.717) is 30.9 Å². The number of ether oxygens (including phenoxy) is 1. The number of aryl methyl sites for hydroxylation is 1. The van der Waals surface area contributed by atoms with Crippen LogP contribution in [0.4, 0.5) is 0 Å². The molecule has 1 aromatic heterocycles. The first-order chi connectivity index (χ1) is 12.0. The Balaban J connectivity index is 0.00000625. The van der Waals surface area contributed by atoms with Gasteiger partial charge in [-0.05, 0) is 25.7 Å². The Kier molecular flexibility index (Phi) is 14.7. The van der Waals surface area contributed by atoms with E-state index in [1.807, 2.05) is 0 Å². The lowest BCUT2D eigenvalue weighted by molar-refractivity contribution is 0.128. The van der Waals surface area contributed by atoms with Gasteiger partial charge < -0.3 is 19.9 Å². The number of nitrogens with one attached hydrogen (secondary N) is 2. The number of halogens is 1. The van der Waals surface area contributed by atoms with Crippen LogP contribution in [-0.4, -0.2) is 48.9 Å². The number of rotatable bonds is 12. The van der Waals surface area contributed by atoms with Crippen LogP contribution >= 0.6 is 24.0 Å². The van der Waals surface area contributed by atoms with Crippen molar-refractivity contribution in [1.82, 2.24) is 20.8 Å². The molecule has 0 saturated carbocycles. The smallest absolute Gasteiger partial charge is 0.226 e. The summed E-state index contributed by atoms with van der Waals surface area (Å²) in [6.45, 7) is 14.4. The van der Waals surface area contributed by atoms with Crippen LogP contribution in [0.1, 0.15) is 65.1 Å². The Morgan fingerprint density at radius 2 is 1.96 bits per heavy atom. The Morgan fingerprint density at radius 1 is 1.19 bits per heavy atom. The first kappa shape index (κ1) is 25.1. The van der Waals surface area contributed by atoms with E-state index in [9.17, 15) is 0 Å². The van der Waals surface area contributed by atoms with Crippen molar-refractivity contribution in [2.24, 2.45) is 10.9 Å². The standard InChI is InChI=1S/C18H35N5O2.HI/c1-6-19-18(21-11-13-24-12-9-14(2)3)20-10-7-8-16-22-17(15(4)5)23-25-16;/h14-15H,6-13H2,1-5H3,(H2,19,20,21);1H. The molecule has 0 saturated heterocycles. The van der Waals surface area contributed by atoms with E-state index >= 15 is 0 Å². The second-order valence-electron chi connectivity index (χ2n) is 6.79. The second-order valence-corrected chi connectivity index (χ2v) is 6.79. The van der Waals surface area contributed by atoms with Gasteiger partial charge in [0.2, 0.25) is 5.89 Å². The van der Waals surface area contributed by atoms with Crippen molar-refractivity contribution >= 4 is 29.9 Å². The van der Waals surface area contributed by atoms with Crippen molar-refractivity contribution in [3.05, 3.63) is 11.7 Å². The minimum Gasteiger partial charge on any atom is -0.380 e. The molecule has 0 aromatic carbocycles. The number of aliphatic imine (C=N–C) groups is 1. The summed E-state index contributed by atoms with van der Waals surface area (Å²) in [7, 11) is 0. The Labute approximate surface area is 175 Å². The molecule has 0 spiro atoms. The van der Waals surface area contributed by atoms with Gasteiger partial charge in [-0.15, -0.1) is 24.0 Å². The van der Waals surface area contributed by atoms with Gasteiger partial charge in [-0.2, -0.15) is 4.98 Å². The summed E-state index contributed by atoms with van der Waals surface area (Å²) in [6.07, 6.45) is 2.73. The highest BCUT2D eigenvalue weighted by molar-refractivity contribution is 14.0. The molecule has 2 N–H and O–H groups in total. The van der Waals surface area contributed by atoms with E-state index in [2.05, 4.69) is 60.4 Å². The average molecular weight is 481 g/mol. The molecule has 0 aliphatic heterocycles. The molecule has 152 valence electrons. The van der Waals surface area contributed by atoms with Crippen molar-refractivity contribution in [3.63, 3.8) is 0 Å². The van der Waals surface area contributed by atoms with Gasteiger partial charge in [-0.25, -0.2) is 0 Å². The molecule has 1 rings (SSSR count). The first-order valence-corrected chi connectivity index (χ1v) is 9.45. The molecule has 1 aromatic rings. The number of hydrogen-bond acceptors (Lipinski definition) is 5. The van der Waals surface area contributed by atoms with Crippen molar-refractivity contribution in [3.8, 4) is 0 Å².